The lowest BCUT2D eigenvalue weighted by Gasteiger charge is -2.10. The first kappa shape index (κ1) is 14.9. The van der Waals surface area contributed by atoms with E-state index in [0.29, 0.717) is 5.75 Å². The van der Waals surface area contributed by atoms with Gasteiger partial charge in [-0.05, 0) is 35.8 Å². The normalized spacial score (nSPS) is 10.4. The Labute approximate surface area is 129 Å². The second kappa shape index (κ2) is 5.86. The third kappa shape index (κ3) is 2.67. The van der Waals surface area contributed by atoms with Gasteiger partial charge in [0.25, 0.3) is 0 Å². The van der Waals surface area contributed by atoms with Crippen molar-refractivity contribution in [1.29, 1.82) is 0 Å². The van der Waals surface area contributed by atoms with E-state index in [-0.39, 0.29) is 17.3 Å². The van der Waals surface area contributed by atoms with Crippen LogP contribution in [-0.2, 0) is 0 Å². The fraction of sp³-hybridized carbons (Fsp3) is 0.214. The van der Waals surface area contributed by atoms with Crippen LogP contribution in [-0.4, -0.2) is 16.4 Å². The zero-order chi connectivity index (χ0) is 14.9. The number of ether oxygens (including phenoxy) is 1. The summed E-state index contributed by atoms with van der Waals surface area (Å²) < 4.78 is 21.7. The molecule has 0 saturated carbocycles. The number of halogens is 3. The molecule has 2 aromatic rings. The predicted molar refractivity (Wildman–Crippen MR) is 80.0 cm³/mol. The summed E-state index contributed by atoms with van der Waals surface area (Å²) in [5.74, 6) is 2.18. The molecule has 0 saturated heterocycles. The van der Waals surface area contributed by atoms with E-state index in [0.717, 1.165) is 15.9 Å². The average Bonchev–Trinajstić information content (AvgIpc) is 2.66. The molecule has 1 aromatic carbocycles. The number of terminal acetylenes is 1. The Morgan fingerprint density at radius 1 is 1.50 bits per heavy atom. The van der Waals surface area contributed by atoms with Gasteiger partial charge in [-0.15, -0.1) is 6.42 Å². The molecule has 0 aliphatic carbocycles. The topological polar surface area (TPSA) is 27.1 Å². The zero-order valence-electron chi connectivity index (χ0n) is 10.9. The number of rotatable bonds is 3. The lowest BCUT2D eigenvalue weighted by atomic mass is 10.2. The molecule has 0 amide bonds. The van der Waals surface area contributed by atoms with Gasteiger partial charge in [0.05, 0.1) is 20.9 Å². The third-order valence-electron chi connectivity index (χ3n) is 2.74. The molecule has 0 aliphatic heterocycles. The Morgan fingerprint density at radius 2 is 2.20 bits per heavy atom. The van der Waals surface area contributed by atoms with Crippen LogP contribution >= 0.6 is 27.5 Å². The van der Waals surface area contributed by atoms with E-state index in [4.69, 9.17) is 22.8 Å². The summed E-state index contributed by atoms with van der Waals surface area (Å²) in [5, 5.41) is 4.45. The van der Waals surface area contributed by atoms with Crippen molar-refractivity contribution < 1.29 is 9.13 Å². The van der Waals surface area contributed by atoms with Gasteiger partial charge in [0.1, 0.15) is 18.0 Å². The van der Waals surface area contributed by atoms with Crippen LogP contribution in [0.15, 0.2) is 16.6 Å². The smallest absolute Gasteiger partial charge is 0.150 e. The van der Waals surface area contributed by atoms with E-state index in [1.807, 2.05) is 13.8 Å². The first-order chi connectivity index (χ1) is 9.45. The highest BCUT2D eigenvalue weighted by Gasteiger charge is 2.16. The van der Waals surface area contributed by atoms with Gasteiger partial charge >= 0.3 is 0 Å². The molecule has 0 spiro atoms. The Morgan fingerprint density at radius 3 is 2.75 bits per heavy atom. The molecule has 20 heavy (non-hydrogen) atoms. The molecule has 3 nitrogen and oxygen atoms in total. The molecule has 2 rings (SSSR count). The third-order valence-corrected chi connectivity index (χ3v) is 4.19. The molecule has 1 heterocycles. The van der Waals surface area contributed by atoms with Gasteiger partial charge < -0.3 is 4.74 Å². The summed E-state index contributed by atoms with van der Waals surface area (Å²) in [4.78, 5) is 0. The van der Waals surface area contributed by atoms with E-state index >= 15 is 0 Å². The first-order valence-electron chi connectivity index (χ1n) is 5.73. The Balaban J connectivity index is 2.56. The summed E-state index contributed by atoms with van der Waals surface area (Å²) in [7, 11) is 0. The summed E-state index contributed by atoms with van der Waals surface area (Å²) in [6.45, 7) is 3.73. The minimum atomic E-state index is -0.485. The zero-order valence-corrected chi connectivity index (χ0v) is 13.2. The minimum Gasteiger partial charge on any atom is -0.479 e. The summed E-state index contributed by atoms with van der Waals surface area (Å²) >= 11 is 9.34. The van der Waals surface area contributed by atoms with Crippen molar-refractivity contribution >= 4 is 27.5 Å². The number of aromatic nitrogens is 2. The predicted octanol–water partition coefficient (Wildman–Crippen LogP) is 4.06. The van der Waals surface area contributed by atoms with Crippen molar-refractivity contribution in [2.75, 3.05) is 6.61 Å². The molecule has 0 atom stereocenters. The van der Waals surface area contributed by atoms with Crippen LogP contribution in [0.1, 0.15) is 11.4 Å². The molecule has 0 unspecified atom stereocenters. The monoisotopic (exact) mass is 356 g/mol. The molecular weight excluding hydrogens is 347 g/mol. The summed E-state index contributed by atoms with van der Waals surface area (Å²) in [5.41, 5.74) is 1.81. The molecule has 0 aliphatic rings. The minimum absolute atomic E-state index is 0.0611. The largest absolute Gasteiger partial charge is 0.479 e. The van der Waals surface area contributed by atoms with E-state index in [1.165, 1.54) is 16.8 Å². The Kier molecular flexibility index (Phi) is 4.36. The second-order valence-corrected chi connectivity index (χ2v) is 5.32. The van der Waals surface area contributed by atoms with Crippen molar-refractivity contribution in [3.8, 4) is 23.8 Å². The lowest BCUT2D eigenvalue weighted by Crippen LogP contribution is -2.04. The standard InChI is InChI=1S/C14H11BrClFN2O/c1-4-5-20-13-7-12(11(17)6-10(13)16)19-9(3)14(15)8(2)18-19/h1,6-7H,5H2,2-3H3. The van der Waals surface area contributed by atoms with Gasteiger partial charge in [0, 0.05) is 6.07 Å². The highest BCUT2D eigenvalue weighted by molar-refractivity contribution is 9.10. The Hall–Kier alpha value is -1.51. The maximum absolute atomic E-state index is 14.1. The van der Waals surface area contributed by atoms with Crippen LogP contribution in [0.3, 0.4) is 0 Å². The van der Waals surface area contributed by atoms with Crippen LogP contribution in [0.2, 0.25) is 5.02 Å². The second-order valence-electron chi connectivity index (χ2n) is 4.12. The highest BCUT2D eigenvalue weighted by atomic mass is 79.9. The maximum atomic E-state index is 14.1. The Bertz CT molecular complexity index is 706. The number of nitrogens with zero attached hydrogens (tertiary/aromatic N) is 2. The SMILES string of the molecule is C#CCOc1cc(-n2nc(C)c(Br)c2C)c(F)cc1Cl. The molecule has 6 heteroatoms. The maximum Gasteiger partial charge on any atom is 0.150 e. The first-order valence-corrected chi connectivity index (χ1v) is 6.90. The fourth-order valence-corrected chi connectivity index (χ4v) is 2.22. The number of aryl methyl sites for hydroxylation is 1. The molecule has 1 aromatic heterocycles. The number of hydrogen-bond donors (Lipinski definition) is 0. The van der Waals surface area contributed by atoms with E-state index < -0.39 is 5.82 Å². The lowest BCUT2D eigenvalue weighted by molar-refractivity contribution is 0.369. The van der Waals surface area contributed by atoms with Gasteiger partial charge in [0.2, 0.25) is 0 Å². The fourth-order valence-electron chi connectivity index (χ4n) is 1.77. The molecule has 0 fully saturated rings. The van der Waals surface area contributed by atoms with E-state index in [1.54, 1.807) is 0 Å². The van der Waals surface area contributed by atoms with Gasteiger partial charge in [0.15, 0.2) is 5.82 Å². The van der Waals surface area contributed by atoms with Gasteiger partial charge in [-0.25, -0.2) is 9.07 Å². The van der Waals surface area contributed by atoms with Gasteiger partial charge in [-0.3, -0.25) is 0 Å². The van der Waals surface area contributed by atoms with Crippen molar-refractivity contribution in [2.24, 2.45) is 0 Å². The van der Waals surface area contributed by atoms with Gasteiger partial charge in [-0.1, -0.05) is 17.5 Å². The van der Waals surface area contributed by atoms with Crippen LogP contribution < -0.4 is 4.74 Å². The van der Waals surface area contributed by atoms with Gasteiger partial charge in [-0.2, -0.15) is 5.10 Å². The van der Waals surface area contributed by atoms with Crippen LogP contribution in [0.5, 0.6) is 5.75 Å². The van der Waals surface area contributed by atoms with E-state index in [9.17, 15) is 4.39 Å². The molecule has 0 bridgehead atoms. The van der Waals surface area contributed by atoms with Crippen LogP contribution in [0.25, 0.3) is 5.69 Å². The highest BCUT2D eigenvalue weighted by Crippen LogP contribution is 2.31. The molecule has 104 valence electrons. The van der Waals surface area contributed by atoms with Crippen LogP contribution in [0, 0.1) is 32.0 Å². The molecular formula is C14H11BrClFN2O. The van der Waals surface area contributed by atoms with E-state index in [2.05, 4.69) is 26.9 Å². The number of hydrogen-bond acceptors (Lipinski definition) is 2. The summed E-state index contributed by atoms with van der Waals surface area (Å²) in [6, 6.07) is 2.67. The van der Waals surface area contributed by atoms with Crippen LogP contribution in [0.4, 0.5) is 4.39 Å². The molecule has 0 radical (unpaired) electrons. The summed E-state index contributed by atoms with van der Waals surface area (Å²) in [6.07, 6.45) is 5.14. The van der Waals surface area contributed by atoms with Crippen molar-refractivity contribution in [3.63, 3.8) is 0 Å². The quantitative estimate of drug-likeness (QED) is 0.775. The number of benzene rings is 1. The average molecular weight is 358 g/mol. The van der Waals surface area contributed by atoms with Crippen molar-refractivity contribution in [1.82, 2.24) is 9.78 Å². The van der Waals surface area contributed by atoms with Crippen molar-refractivity contribution in [3.05, 3.63) is 38.8 Å². The molecule has 0 N–H and O–H groups in total. The van der Waals surface area contributed by atoms with Crippen molar-refractivity contribution in [2.45, 2.75) is 13.8 Å².